The van der Waals surface area contributed by atoms with Crippen molar-refractivity contribution in [3.63, 3.8) is 0 Å². The Morgan fingerprint density at radius 3 is 1.45 bits per heavy atom. The van der Waals surface area contributed by atoms with Crippen molar-refractivity contribution in [3.8, 4) is 0 Å². The van der Waals surface area contributed by atoms with Crippen LogP contribution in [-0.2, 0) is 20.2 Å². The highest BCUT2D eigenvalue weighted by Crippen LogP contribution is 2.48. The van der Waals surface area contributed by atoms with Crippen molar-refractivity contribution < 1.29 is 43.5 Å². The first-order valence-electron chi connectivity index (χ1n) is 14.5. The Hall–Kier alpha value is -0.560. The summed E-state index contributed by atoms with van der Waals surface area (Å²) in [6.45, 7) is 6.42. The van der Waals surface area contributed by atoms with Gasteiger partial charge < -0.3 is 29.8 Å². The number of hydrogen-bond acceptors (Lipinski definition) is 10. The Morgan fingerprint density at radius 1 is 0.690 bits per heavy atom. The summed E-state index contributed by atoms with van der Waals surface area (Å²) in [6, 6.07) is 5.55. The zero-order valence-corrected chi connectivity index (χ0v) is 27.4. The van der Waals surface area contributed by atoms with Crippen molar-refractivity contribution in [2.75, 3.05) is 71.2 Å². The standard InChI is InChI=1S/C25H50N5O9P3/c1-3-7-24(31)40(33,34)20-28-13-11-27(19-23-9-5-6-10-26-23)12-14-30(22-42(37,38)39)18-17-29(16-15-28)21-41(35,36)25(32)8-4-2/h5-6,9-10,24-25,31-32H,3-4,7-8,11-22H2,1-2H3,(H,33,34)(H,35,36)(H2,37,38,39). The normalized spacial score (nSPS) is 22.4. The maximum Gasteiger partial charge on any atom is 0.339 e. The van der Waals surface area contributed by atoms with E-state index in [1.807, 2.05) is 25.1 Å². The van der Waals surface area contributed by atoms with Crippen LogP contribution in [0.4, 0.5) is 0 Å². The van der Waals surface area contributed by atoms with Crippen molar-refractivity contribution in [1.82, 2.24) is 24.6 Å². The number of pyridine rings is 1. The quantitative estimate of drug-likeness (QED) is 0.158. The van der Waals surface area contributed by atoms with E-state index in [0.717, 1.165) is 5.69 Å². The number of aliphatic hydroxyl groups excluding tert-OH is 2. The average Bonchev–Trinajstić information content (AvgIpc) is 2.90. The predicted molar refractivity (Wildman–Crippen MR) is 162 cm³/mol. The van der Waals surface area contributed by atoms with Crippen LogP contribution in [0.1, 0.15) is 45.2 Å². The first-order chi connectivity index (χ1) is 19.6. The van der Waals surface area contributed by atoms with Gasteiger partial charge in [0.15, 0.2) is 0 Å². The maximum absolute atomic E-state index is 13.1. The monoisotopic (exact) mass is 657 g/mol. The lowest BCUT2D eigenvalue weighted by Crippen LogP contribution is -2.46. The highest BCUT2D eigenvalue weighted by molar-refractivity contribution is 7.58. The highest BCUT2D eigenvalue weighted by Gasteiger charge is 2.34. The molecule has 14 nitrogen and oxygen atoms in total. The molecule has 4 atom stereocenters. The van der Waals surface area contributed by atoms with Crippen LogP contribution in [0, 0.1) is 0 Å². The number of rotatable bonds is 14. The molecule has 0 bridgehead atoms. The summed E-state index contributed by atoms with van der Waals surface area (Å²) in [6.07, 6.45) is 2.06. The summed E-state index contributed by atoms with van der Waals surface area (Å²) < 4.78 is 38.0. The van der Waals surface area contributed by atoms with Gasteiger partial charge >= 0.3 is 7.60 Å². The zero-order valence-electron chi connectivity index (χ0n) is 24.8. The zero-order chi connectivity index (χ0) is 31.4. The molecule has 1 fully saturated rings. The van der Waals surface area contributed by atoms with Gasteiger partial charge in [0.05, 0.1) is 18.3 Å². The molecule has 4 unspecified atom stereocenters. The molecule has 0 saturated carbocycles. The molecule has 42 heavy (non-hydrogen) atoms. The van der Waals surface area contributed by atoms with Crippen LogP contribution in [0.3, 0.4) is 0 Å². The Labute approximate surface area is 249 Å². The molecule has 1 aromatic rings. The molecule has 17 heteroatoms. The second-order valence-electron chi connectivity index (χ2n) is 11.1. The number of nitrogens with zero attached hydrogens (tertiary/aromatic N) is 5. The van der Waals surface area contributed by atoms with Gasteiger partial charge in [0.2, 0.25) is 14.7 Å². The lowest BCUT2D eigenvalue weighted by molar-refractivity contribution is 0.141. The summed E-state index contributed by atoms with van der Waals surface area (Å²) in [4.78, 5) is 52.3. The molecule has 1 aromatic heterocycles. The van der Waals surface area contributed by atoms with Crippen LogP contribution in [0.5, 0.6) is 0 Å². The molecule has 0 radical (unpaired) electrons. The topological polar surface area (TPSA) is 198 Å². The third kappa shape index (κ3) is 14.0. The van der Waals surface area contributed by atoms with Gasteiger partial charge in [-0.2, -0.15) is 0 Å². The van der Waals surface area contributed by atoms with E-state index < -0.39 is 40.3 Å². The first-order valence-corrected chi connectivity index (χ1v) is 20.1. The van der Waals surface area contributed by atoms with Crippen LogP contribution >= 0.6 is 22.3 Å². The summed E-state index contributed by atoms with van der Waals surface area (Å²) in [7, 11) is -12.4. The molecule has 2 heterocycles. The SMILES string of the molecule is CCCC(O)P(=O)(O)CN1CCN(Cc2ccccn2)CCN(CP(=O)(O)O)CCN(CP(=O)(O)C(O)CCC)CC1. The minimum atomic E-state index is -4.39. The van der Waals surface area contributed by atoms with Crippen molar-refractivity contribution >= 4 is 22.3 Å². The Kier molecular flexibility index (Phi) is 16.0. The molecule has 1 saturated heterocycles. The van der Waals surface area contributed by atoms with Gasteiger partial charge in [0.1, 0.15) is 18.0 Å². The van der Waals surface area contributed by atoms with Gasteiger partial charge in [-0.05, 0) is 25.0 Å². The third-order valence-electron chi connectivity index (χ3n) is 7.26. The maximum atomic E-state index is 13.1. The molecule has 0 aromatic carbocycles. The molecule has 1 aliphatic rings. The predicted octanol–water partition coefficient (Wildman–Crippen LogP) is 1.63. The van der Waals surface area contributed by atoms with Gasteiger partial charge in [-0.25, -0.2) is 0 Å². The van der Waals surface area contributed by atoms with E-state index in [9.17, 15) is 43.5 Å². The number of aromatic nitrogens is 1. The fourth-order valence-corrected chi connectivity index (χ4v) is 9.04. The highest BCUT2D eigenvalue weighted by atomic mass is 31.2. The van der Waals surface area contributed by atoms with Gasteiger partial charge in [0.25, 0.3) is 0 Å². The molecule has 0 aliphatic carbocycles. The summed E-state index contributed by atoms with van der Waals surface area (Å²) in [5.41, 5.74) is 0.805. The third-order valence-corrected chi connectivity index (χ3v) is 12.0. The van der Waals surface area contributed by atoms with E-state index in [0.29, 0.717) is 45.6 Å². The van der Waals surface area contributed by atoms with Crippen molar-refractivity contribution in [3.05, 3.63) is 30.1 Å². The first kappa shape index (κ1) is 37.6. The van der Waals surface area contributed by atoms with Crippen LogP contribution < -0.4 is 0 Å². The summed E-state index contributed by atoms with van der Waals surface area (Å²) >= 11 is 0. The Bertz CT molecular complexity index is 1070. The van der Waals surface area contributed by atoms with Gasteiger partial charge in [0, 0.05) is 65.1 Å². The van der Waals surface area contributed by atoms with Crippen molar-refractivity contribution in [2.45, 2.75) is 57.8 Å². The van der Waals surface area contributed by atoms with Gasteiger partial charge in [-0.15, -0.1) is 0 Å². The van der Waals surface area contributed by atoms with Crippen LogP contribution in [0.2, 0.25) is 0 Å². The molecule has 2 rings (SSSR count). The molecule has 1 aliphatic heterocycles. The van der Waals surface area contributed by atoms with Gasteiger partial charge in [-0.1, -0.05) is 32.8 Å². The minimum Gasteiger partial charge on any atom is -0.383 e. The number of aliphatic hydroxyl groups is 2. The number of hydrogen-bond donors (Lipinski definition) is 6. The Morgan fingerprint density at radius 2 is 1.10 bits per heavy atom. The lowest BCUT2D eigenvalue weighted by Gasteiger charge is -2.35. The van der Waals surface area contributed by atoms with E-state index >= 15 is 0 Å². The van der Waals surface area contributed by atoms with E-state index in [2.05, 4.69) is 9.88 Å². The second-order valence-corrected chi connectivity index (χ2v) is 17.5. The smallest absolute Gasteiger partial charge is 0.339 e. The van der Waals surface area contributed by atoms with E-state index in [1.165, 1.54) is 0 Å². The molecule has 0 spiro atoms. The molecule has 244 valence electrons. The van der Waals surface area contributed by atoms with E-state index in [1.54, 1.807) is 27.8 Å². The molecule has 6 N–H and O–H groups in total. The van der Waals surface area contributed by atoms with Crippen molar-refractivity contribution in [1.29, 1.82) is 0 Å². The Balaban J connectivity index is 2.33. The molecular formula is C25H50N5O9P3. The fraction of sp³-hybridized carbons (Fsp3) is 0.800. The lowest BCUT2D eigenvalue weighted by atomic mass is 10.3. The summed E-state index contributed by atoms with van der Waals surface area (Å²) in [5.74, 6) is -2.75. The second kappa shape index (κ2) is 17.8. The molecule has 0 amide bonds. The molecular weight excluding hydrogens is 607 g/mol. The van der Waals surface area contributed by atoms with Gasteiger partial charge in [-0.3, -0.25) is 38.3 Å². The van der Waals surface area contributed by atoms with Crippen LogP contribution in [0.15, 0.2) is 24.4 Å². The van der Waals surface area contributed by atoms with Crippen LogP contribution in [0.25, 0.3) is 0 Å². The fourth-order valence-electron chi connectivity index (χ4n) is 4.82. The van der Waals surface area contributed by atoms with E-state index in [-0.39, 0.29) is 51.6 Å². The van der Waals surface area contributed by atoms with Crippen molar-refractivity contribution in [2.24, 2.45) is 0 Å². The van der Waals surface area contributed by atoms with Crippen LogP contribution in [-0.4, -0.2) is 137 Å². The summed E-state index contributed by atoms with van der Waals surface area (Å²) in [5, 5.41) is 20.7. The van der Waals surface area contributed by atoms with E-state index in [4.69, 9.17) is 0 Å². The minimum absolute atomic E-state index is 0.160. The largest absolute Gasteiger partial charge is 0.383 e. The average molecular weight is 658 g/mol.